The molecule has 3 aromatic rings. The van der Waals surface area contributed by atoms with E-state index in [9.17, 15) is 4.79 Å². The number of quaternary nitrogens is 1. The van der Waals surface area contributed by atoms with Crippen LogP contribution < -0.4 is 19.8 Å². The van der Waals surface area contributed by atoms with Crippen molar-refractivity contribution >= 4 is 46.5 Å². The minimum atomic E-state index is -2.07. The number of benzene rings is 3. The van der Waals surface area contributed by atoms with E-state index in [2.05, 4.69) is 47.4 Å². The summed E-state index contributed by atoms with van der Waals surface area (Å²) in [5.41, 5.74) is 5.72. The lowest BCUT2D eigenvalue weighted by Crippen LogP contribution is -3.15. The van der Waals surface area contributed by atoms with Gasteiger partial charge >= 0.3 is 5.97 Å². The molecule has 0 bridgehead atoms. The highest BCUT2D eigenvalue weighted by Crippen LogP contribution is 2.35. The zero-order valence-electron chi connectivity index (χ0n) is 20.2. The zero-order valence-corrected chi connectivity index (χ0v) is 21.0. The van der Waals surface area contributed by atoms with Crippen LogP contribution in [0.1, 0.15) is 11.1 Å². The summed E-state index contributed by atoms with van der Waals surface area (Å²) in [6.45, 7) is 4.24. The molecule has 0 aliphatic carbocycles. The zero-order chi connectivity index (χ0) is 26.4. The van der Waals surface area contributed by atoms with E-state index in [4.69, 9.17) is 31.4 Å². The predicted molar refractivity (Wildman–Crippen MR) is 139 cm³/mol. The number of carboxylic acids is 2. The van der Waals surface area contributed by atoms with Crippen molar-refractivity contribution in [1.29, 1.82) is 0 Å². The number of carbonyl (C=O) groups excluding carboxylic acids is 2. The number of anilines is 3. The van der Waals surface area contributed by atoms with Crippen molar-refractivity contribution in [3.63, 3.8) is 0 Å². The smallest absolute Gasteiger partial charge is 0.351 e. The van der Waals surface area contributed by atoms with Crippen molar-refractivity contribution in [2.45, 2.75) is 12.8 Å². The fourth-order valence-electron chi connectivity index (χ4n) is 4.77. The molecule has 37 heavy (non-hydrogen) atoms. The minimum absolute atomic E-state index is 0.174. The van der Waals surface area contributed by atoms with Crippen LogP contribution in [0.3, 0.4) is 0 Å². The van der Waals surface area contributed by atoms with Crippen LogP contribution in [0.4, 0.5) is 17.1 Å². The molecule has 0 saturated carbocycles. The maximum atomic E-state index is 13.6. The number of aryl methyl sites for hydroxylation is 2. The predicted octanol–water partition coefficient (Wildman–Crippen LogP) is 1.33. The number of hydrogen-bond acceptors (Lipinski definition) is 5. The normalized spacial score (nSPS) is 14.9. The van der Waals surface area contributed by atoms with Crippen LogP contribution in [0.5, 0.6) is 0 Å². The van der Waals surface area contributed by atoms with Gasteiger partial charge in [-0.3, -0.25) is 9.69 Å². The Morgan fingerprint density at radius 1 is 0.865 bits per heavy atom. The van der Waals surface area contributed by atoms with Gasteiger partial charge in [0.15, 0.2) is 12.5 Å². The number of carboxylic acid groups (broad SMARTS) is 2. The Labute approximate surface area is 220 Å². The molecule has 2 aliphatic heterocycles. The molecular formula is C28H28ClN3O5. The van der Waals surface area contributed by atoms with Crippen LogP contribution in [0, 0.1) is 0 Å². The standard InChI is InChI=1S/C26H26ClN3O.C2H2O4/c27-22-8-5-9-23(18-22)29-16-14-28(15-17-29)19-26(31)30-24-10-3-1-6-20(24)12-13-21-7-2-4-11-25(21)30;3-1(4)2(5)6/h1-11,18H,12-17,19H2;(H,3,4)(H,5,6). The molecule has 3 aromatic carbocycles. The van der Waals surface area contributed by atoms with Gasteiger partial charge in [0.2, 0.25) is 0 Å². The maximum Gasteiger partial charge on any atom is 0.351 e. The monoisotopic (exact) mass is 521 g/mol. The second-order valence-corrected chi connectivity index (χ2v) is 9.41. The van der Waals surface area contributed by atoms with E-state index in [1.165, 1.54) is 16.0 Å². The molecular weight excluding hydrogens is 494 g/mol. The average Bonchev–Trinajstić information content (AvgIpc) is 3.06. The third-order valence-electron chi connectivity index (χ3n) is 6.60. The van der Waals surface area contributed by atoms with Gasteiger partial charge in [-0.1, -0.05) is 54.1 Å². The molecule has 0 aromatic heterocycles. The first kappa shape index (κ1) is 26.2. The van der Waals surface area contributed by atoms with E-state index < -0.39 is 11.9 Å². The number of carbonyl (C=O) groups is 3. The number of aliphatic carboxylic acids is 2. The first-order valence-electron chi connectivity index (χ1n) is 12.1. The number of nitrogens with zero attached hydrogens (tertiary/aromatic N) is 2. The van der Waals surface area contributed by atoms with Gasteiger partial charge in [0, 0.05) is 10.7 Å². The third-order valence-corrected chi connectivity index (χ3v) is 6.83. The Hall–Kier alpha value is -3.88. The molecule has 9 heteroatoms. The molecule has 2 heterocycles. The molecule has 5 rings (SSSR count). The number of fused-ring (bicyclic) bond motifs is 2. The van der Waals surface area contributed by atoms with E-state index in [1.54, 1.807) is 0 Å². The van der Waals surface area contributed by atoms with Crippen molar-refractivity contribution in [3.8, 4) is 0 Å². The van der Waals surface area contributed by atoms with E-state index >= 15 is 0 Å². The summed E-state index contributed by atoms with van der Waals surface area (Å²) in [6.07, 6.45) is 1.92. The van der Waals surface area contributed by atoms with Gasteiger partial charge in [0.1, 0.15) is 0 Å². The lowest BCUT2D eigenvalue weighted by Gasteiger charge is -2.34. The molecule has 2 N–H and O–H groups in total. The second kappa shape index (κ2) is 11.9. The van der Waals surface area contributed by atoms with Gasteiger partial charge < -0.3 is 24.8 Å². The highest BCUT2D eigenvalue weighted by Gasteiger charge is 2.30. The Morgan fingerprint density at radius 2 is 1.41 bits per heavy atom. The van der Waals surface area contributed by atoms with E-state index in [0.29, 0.717) is 6.54 Å². The fourth-order valence-corrected chi connectivity index (χ4v) is 4.96. The summed E-state index contributed by atoms with van der Waals surface area (Å²) in [7, 11) is 0. The third kappa shape index (κ3) is 6.47. The van der Waals surface area contributed by atoms with Gasteiger partial charge in [-0.05, 0) is 54.3 Å². The van der Waals surface area contributed by atoms with Gasteiger partial charge in [0.25, 0.3) is 5.91 Å². The Kier molecular flexibility index (Phi) is 8.43. The molecule has 2 aliphatic rings. The summed E-state index contributed by atoms with van der Waals surface area (Å²) in [4.78, 5) is 37.3. The van der Waals surface area contributed by atoms with Crippen LogP contribution in [0.25, 0.3) is 0 Å². The van der Waals surface area contributed by atoms with Crippen molar-refractivity contribution < 1.29 is 29.5 Å². The fraction of sp³-hybridized carbons (Fsp3) is 0.250. The second-order valence-electron chi connectivity index (χ2n) is 8.97. The summed E-state index contributed by atoms with van der Waals surface area (Å²) in [5.74, 6) is -3.84. The van der Waals surface area contributed by atoms with Gasteiger partial charge in [-0.25, -0.2) is 4.79 Å². The van der Waals surface area contributed by atoms with Gasteiger partial charge in [-0.2, -0.15) is 0 Å². The highest BCUT2D eigenvalue weighted by molar-refractivity contribution is 6.30. The molecule has 1 amide bonds. The number of para-hydroxylation sites is 2. The number of rotatable bonds is 3. The Balaban J connectivity index is 0.000000480. The molecule has 0 atom stereocenters. The summed E-state index contributed by atoms with van der Waals surface area (Å²) < 4.78 is 0. The van der Waals surface area contributed by atoms with Crippen LogP contribution in [-0.4, -0.2) is 55.7 Å². The summed E-state index contributed by atoms with van der Waals surface area (Å²) in [5, 5.41) is 17.1. The van der Waals surface area contributed by atoms with E-state index in [1.807, 2.05) is 35.2 Å². The number of amides is 1. The quantitative estimate of drug-likeness (QED) is 0.504. The molecule has 0 radical (unpaired) electrons. The lowest BCUT2D eigenvalue weighted by molar-refractivity contribution is -0.892. The molecule has 1 saturated heterocycles. The number of halogens is 1. The molecule has 8 nitrogen and oxygen atoms in total. The number of piperazine rings is 1. The first-order chi connectivity index (χ1) is 17.8. The number of hydrogen-bond donors (Lipinski definition) is 2. The largest absolute Gasteiger partial charge is 0.539 e. The van der Waals surface area contributed by atoms with Crippen LogP contribution in [0.15, 0.2) is 72.8 Å². The van der Waals surface area contributed by atoms with Crippen LogP contribution in [0.2, 0.25) is 5.02 Å². The van der Waals surface area contributed by atoms with Crippen LogP contribution in [-0.2, 0) is 27.2 Å². The van der Waals surface area contributed by atoms with Crippen molar-refractivity contribution in [1.82, 2.24) is 0 Å². The molecule has 1 fully saturated rings. The van der Waals surface area contributed by atoms with Crippen molar-refractivity contribution in [3.05, 3.63) is 88.9 Å². The lowest BCUT2D eigenvalue weighted by atomic mass is 10.0. The van der Waals surface area contributed by atoms with Gasteiger partial charge in [-0.15, -0.1) is 0 Å². The van der Waals surface area contributed by atoms with Gasteiger partial charge in [0.05, 0.1) is 37.6 Å². The van der Waals surface area contributed by atoms with Crippen molar-refractivity contribution in [2.75, 3.05) is 42.5 Å². The topological polar surface area (TPSA) is 105 Å². The first-order valence-corrected chi connectivity index (χ1v) is 12.5. The maximum absolute atomic E-state index is 13.6. The Morgan fingerprint density at radius 3 is 1.92 bits per heavy atom. The highest BCUT2D eigenvalue weighted by atomic mass is 35.5. The molecule has 0 spiro atoms. The molecule has 0 unspecified atom stereocenters. The summed E-state index contributed by atoms with van der Waals surface area (Å²) in [6, 6.07) is 24.7. The average molecular weight is 522 g/mol. The van der Waals surface area contributed by atoms with E-state index in [0.717, 1.165) is 61.1 Å². The minimum Gasteiger partial charge on any atom is -0.539 e. The van der Waals surface area contributed by atoms with Crippen LogP contribution >= 0.6 is 11.6 Å². The number of nitrogens with one attached hydrogen (secondary N) is 1. The van der Waals surface area contributed by atoms with E-state index in [-0.39, 0.29) is 5.91 Å². The molecule has 192 valence electrons. The summed E-state index contributed by atoms with van der Waals surface area (Å²) >= 11 is 6.16. The van der Waals surface area contributed by atoms with Crippen molar-refractivity contribution in [2.24, 2.45) is 0 Å². The SMILES string of the molecule is O=C(C[NH+]1CCN(c2cccc(Cl)c2)CC1)N1c2ccccc2CCc2ccccc21.O=C([O-])C(=O)O. The Bertz CT molecular complexity index is 1230.